The first-order valence-corrected chi connectivity index (χ1v) is 9.02. The summed E-state index contributed by atoms with van der Waals surface area (Å²) in [4.78, 5) is 40.0. The van der Waals surface area contributed by atoms with Gasteiger partial charge in [0.05, 0.1) is 0 Å². The topological polar surface area (TPSA) is 81.8 Å². The molecule has 1 saturated heterocycles. The van der Waals surface area contributed by atoms with Crippen molar-refractivity contribution in [3.05, 3.63) is 48.7 Å². The summed E-state index contributed by atoms with van der Waals surface area (Å²) in [6, 6.07) is 7.04. The Morgan fingerprint density at radius 3 is 2.37 bits per heavy atom. The van der Waals surface area contributed by atoms with Gasteiger partial charge in [-0.1, -0.05) is 12.2 Å². The number of rotatable bonds is 8. The predicted octanol–water partition coefficient (Wildman–Crippen LogP) is 2.73. The van der Waals surface area contributed by atoms with E-state index in [1.54, 1.807) is 13.0 Å². The van der Waals surface area contributed by atoms with Gasteiger partial charge in [-0.2, -0.15) is 0 Å². The van der Waals surface area contributed by atoms with Crippen LogP contribution in [0.15, 0.2) is 48.7 Å². The molecule has 1 aliphatic heterocycles. The molecule has 0 saturated carbocycles. The van der Waals surface area contributed by atoms with Crippen molar-refractivity contribution in [1.29, 1.82) is 0 Å². The lowest BCUT2D eigenvalue weighted by molar-refractivity contribution is -0.140. The Balaban J connectivity index is 2.21. The first-order chi connectivity index (χ1) is 13.0. The summed E-state index contributed by atoms with van der Waals surface area (Å²) in [7, 11) is 0. The number of hydrogen-bond acceptors (Lipinski definition) is 5. The molecule has 0 spiro atoms. The van der Waals surface area contributed by atoms with Crippen LogP contribution in [0, 0.1) is 5.92 Å². The molecular weight excluding hydrogens is 344 g/mol. The van der Waals surface area contributed by atoms with Crippen LogP contribution in [0.5, 0.6) is 0 Å². The molecule has 7 nitrogen and oxygen atoms in total. The van der Waals surface area contributed by atoms with E-state index >= 15 is 0 Å². The molecule has 0 unspecified atom stereocenters. The van der Waals surface area contributed by atoms with Crippen LogP contribution in [0.4, 0.5) is 16.2 Å². The molecule has 144 valence electrons. The molecule has 2 N–H and O–H groups in total. The fraction of sp³-hybridized carbons (Fsp3) is 0.350. The third kappa shape index (κ3) is 4.36. The summed E-state index contributed by atoms with van der Waals surface area (Å²) < 4.78 is 0. The zero-order valence-electron chi connectivity index (χ0n) is 16.0. The van der Waals surface area contributed by atoms with Crippen molar-refractivity contribution in [2.75, 3.05) is 29.9 Å². The Bertz CT molecular complexity index is 751. The molecule has 1 atom stereocenters. The number of nitrogens with zero attached hydrogens (tertiary/aromatic N) is 2. The summed E-state index contributed by atoms with van der Waals surface area (Å²) in [6.45, 7) is 11.3. The smallest absolute Gasteiger partial charge is 0.331 e. The zero-order chi connectivity index (χ0) is 20.0. The number of amides is 4. The van der Waals surface area contributed by atoms with Gasteiger partial charge in [0, 0.05) is 36.7 Å². The van der Waals surface area contributed by atoms with Crippen LogP contribution < -0.4 is 15.5 Å². The normalized spacial score (nSPS) is 17.6. The van der Waals surface area contributed by atoms with E-state index in [2.05, 4.69) is 36.0 Å². The van der Waals surface area contributed by atoms with Gasteiger partial charge in [-0.15, -0.1) is 6.58 Å². The maximum absolute atomic E-state index is 12.7. The van der Waals surface area contributed by atoms with Crippen LogP contribution in [-0.2, 0) is 9.59 Å². The molecular formula is C20H26N4O3. The minimum atomic E-state index is -1.10. The first kappa shape index (κ1) is 20.2. The highest BCUT2D eigenvalue weighted by Crippen LogP contribution is 2.24. The number of benzene rings is 1. The van der Waals surface area contributed by atoms with E-state index in [1.165, 1.54) is 6.08 Å². The Kier molecular flexibility index (Phi) is 6.76. The predicted molar refractivity (Wildman–Crippen MR) is 106 cm³/mol. The highest BCUT2D eigenvalue weighted by molar-refractivity contribution is 6.18. The number of allylic oxidation sites excluding steroid dienone is 1. The molecule has 4 amide bonds. The van der Waals surface area contributed by atoms with Crippen molar-refractivity contribution >= 4 is 29.2 Å². The molecule has 1 heterocycles. The number of carbonyl (C=O) groups excluding carboxylic acids is 3. The van der Waals surface area contributed by atoms with Gasteiger partial charge >= 0.3 is 6.03 Å². The van der Waals surface area contributed by atoms with Crippen LogP contribution in [0.25, 0.3) is 0 Å². The molecule has 1 aromatic rings. The van der Waals surface area contributed by atoms with Crippen LogP contribution in [0.2, 0.25) is 0 Å². The van der Waals surface area contributed by atoms with Crippen molar-refractivity contribution in [3.8, 4) is 0 Å². The fourth-order valence-corrected chi connectivity index (χ4v) is 3.01. The SMILES string of the molecule is C=CCN1C(=O)NC(=O)[C@@H](/C(=C\C)Nc2ccc(N(CC)CC)cc2)C1=O. The lowest BCUT2D eigenvalue weighted by Gasteiger charge is -2.31. The first-order valence-electron chi connectivity index (χ1n) is 9.02. The minimum absolute atomic E-state index is 0.0456. The van der Waals surface area contributed by atoms with Crippen molar-refractivity contribution in [1.82, 2.24) is 10.2 Å². The highest BCUT2D eigenvalue weighted by Gasteiger charge is 2.42. The molecule has 1 fully saturated rings. The molecule has 1 aliphatic rings. The summed E-state index contributed by atoms with van der Waals surface area (Å²) >= 11 is 0. The number of urea groups is 1. The maximum atomic E-state index is 12.7. The Morgan fingerprint density at radius 2 is 1.85 bits per heavy atom. The van der Waals surface area contributed by atoms with E-state index in [4.69, 9.17) is 0 Å². The number of carbonyl (C=O) groups is 3. The number of hydrogen-bond donors (Lipinski definition) is 2. The van der Waals surface area contributed by atoms with E-state index < -0.39 is 23.8 Å². The Morgan fingerprint density at radius 1 is 1.22 bits per heavy atom. The molecule has 2 rings (SSSR count). The van der Waals surface area contributed by atoms with E-state index in [9.17, 15) is 14.4 Å². The van der Waals surface area contributed by atoms with E-state index in [1.807, 2.05) is 24.3 Å². The van der Waals surface area contributed by atoms with Crippen molar-refractivity contribution in [3.63, 3.8) is 0 Å². The average Bonchev–Trinajstić information content (AvgIpc) is 2.66. The quantitative estimate of drug-likeness (QED) is 0.543. The second kappa shape index (κ2) is 9.02. The van der Waals surface area contributed by atoms with Crippen LogP contribution >= 0.6 is 0 Å². The standard InChI is InChI=1S/C20H26N4O3/c1-5-13-24-19(26)17(18(25)22-20(24)27)16(6-2)21-14-9-11-15(12-10-14)23(7-3)8-4/h5-6,9-12,17,21H,1,7-8,13H2,2-4H3,(H,22,25,27)/b16-6+/t17-/m1/s1. The van der Waals surface area contributed by atoms with E-state index in [0.717, 1.165) is 29.4 Å². The van der Waals surface area contributed by atoms with E-state index in [0.29, 0.717) is 5.70 Å². The van der Waals surface area contributed by atoms with Gasteiger partial charge in [-0.25, -0.2) is 4.79 Å². The molecule has 0 radical (unpaired) electrons. The van der Waals surface area contributed by atoms with Gasteiger partial charge in [0.15, 0.2) is 5.92 Å². The number of imide groups is 2. The maximum Gasteiger partial charge on any atom is 0.331 e. The van der Waals surface area contributed by atoms with E-state index in [-0.39, 0.29) is 6.54 Å². The van der Waals surface area contributed by atoms with Crippen molar-refractivity contribution in [2.24, 2.45) is 5.92 Å². The summed E-state index contributed by atoms with van der Waals surface area (Å²) in [5.41, 5.74) is 2.28. The Hall–Kier alpha value is -3.09. The summed E-state index contributed by atoms with van der Waals surface area (Å²) in [5, 5.41) is 5.36. The molecule has 7 heteroatoms. The van der Waals surface area contributed by atoms with Gasteiger partial charge < -0.3 is 10.2 Å². The third-order valence-electron chi connectivity index (χ3n) is 4.47. The van der Waals surface area contributed by atoms with Crippen LogP contribution in [-0.4, -0.2) is 42.4 Å². The second-order valence-corrected chi connectivity index (χ2v) is 6.05. The average molecular weight is 370 g/mol. The summed E-state index contributed by atoms with van der Waals surface area (Å²) in [6.07, 6.45) is 3.11. The van der Waals surface area contributed by atoms with Crippen molar-refractivity contribution in [2.45, 2.75) is 20.8 Å². The van der Waals surface area contributed by atoms with Crippen molar-refractivity contribution < 1.29 is 14.4 Å². The molecule has 1 aromatic carbocycles. The molecule has 0 aliphatic carbocycles. The third-order valence-corrected chi connectivity index (χ3v) is 4.47. The van der Waals surface area contributed by atoms with Gasteiger partial charge in [0.25, 0.3) is 0 Å². The van der Waals surface area contributed by atoms with Gasteiger partial charge in [0.2, 0.25) is 11.8 Å². The summed E-state index contributed by atoms with van der Waals surface area (Å²) in [5.74, 6) is -2.30. The largest absolute Gasteiger partial charge is 0.372 e. The monoisotopic (exact) mass is 370 g/mol. The lowest BCUT2D eigenvalue weighted by Crippen LogP contribution is -2.58. The number of nitrogens with one attached hydrogen (secondary N) is 2. The fourth-order valence-electron chi connectivity index (χ4n) is 3.01. The van der Waals surface area contributed by atoms with Gasteiger partial charge in [-0.05, 0) is 45.0 Å². The highest BCUT2D eigenvalue weighted by atomic mass is 16.2. The van der Waals surface area contributed by atoms with Crippen LogP contribution in [0.3, 0.4) is 0 Å². The van der Waals surface area contributed by atoms with Gasteiger partial charge in [0.1, 0.15) is 0 Å². The van der Waals surface area contributed by atoms with Crippen LogP contribution in [0.1, 0.15) is 20.8 Å². The zero-order valence-corrected chi connectivity index (χ0v) is 16.0. The lowest BCUT2D eigenvalue weighted by atomic mass is 9.99. The number of barbiturate groups is 1. The van der Waals surface area contributed by atoms with Gasteiger partial charge in [-0.3, -0.25) is 19.8 Å². The molecule has 0 aromatic heterocycles. The Labute approximate surface area is 159 Å². The molecule has 0 bridgehead atoms. The number of anilines is 2. The molecule has 27 heavy (non-hydrogen) atoms. The minimum Gasteiger partial charge on any atom is -0.372 e. The second-order valence-electron chi connectivity index (χ2n) is 6.05.